The molecular weight excluding hydrogens is 305 g/mol. The molecule has 0 radical (unpaired) electrons. The van der Waals surface area contributed by atoms with Gasteiger partial charge in [0.1, 0.15) is 6.04 Å². The molecule has 0 heterocycles. The predicted molar refractivity (Wildman–Crippen MR) is 95.3 cm³/mol. The van der Waals surface area contributed by atoms with E-state index in [-0.39, 0.29) is 42.4 Å². The number of unbranched alkanes of at least 4 members (excludes halogenated alkanes) is 9. The van der Waals surface area contributed by atoms with E-state index in [0.29, 0.717) is 6.54 Å². The van der Waals surface area contributed by atoms with Gasteiger partial charge in [0.2, 0.25) is 0 Å². The molecule has 0 amide bonds. The van der Waals surface area contributed by atoms with E-state index >= 15 is 0 Å². The SMILES string of the molecule is CCCCCCCCCCCCN[C@H](CCC(=O)O)C(=O)O.[NaH]. The molecule has 0 unspecified atom stereocenters. The summed E-state index contributed by atoms with van der Waals surface area (Å²) in [5.41, 5.74) is 0. The summed E-state index contributed by atoms with van der Waals surface area (Å²) in [6.45, 7) is 2.87. The Bertz CT molecular complexity index is 300. The van der Waals surface area contributed by atoms with Crippen LogP contribution < -0.4 is 5.32 Å². The van der Waals surface area contributed by atoms with Gasteiger partial charge in [0, 0.05) is 6.42 Å². The number of rotatable bonds is 16. The van der Waals surface area contributed by atoms with Crippen LogP contribution >= 0.6 is 0 Å². The van der Waals surface area contributed by atoms with Gasteiger partial charge in [-0.3, -0.25) is 9.59 Å². The van der Waals surface area contributed by atoms with E-state index in [1.54, 1.807) is 0 Å². The van der Waals surface area contributed by atoms with E-state index in [1.165, 1.54) is 51.4 Å². The van der Waals surface area contributed by atoms with Crippen LogP contribution in [0.2, 0.25) is 0 Å². The molecule has 0 aromatic heterocycles. The summed E-state index contributed by atoms with van der Waals surface area (Å²) in [5, 5.41) is 20.5. The van der Waals surface area contributed by atoms with Crippen molar-refractivity contribution in [1.29, 1.82) is 0 Å². The van der Waals surface area contributed by atoms with E-state index in [0.717, 1.165) is 12.8 Å². The number of carboxylic acid groups (broad SMARTS) is 2. The Kier molecular flexibility index (Phi) is 19.9. The van der Waals surface area contributed by atoms with Crippen LogP contribution in [0, 0.1) is 0 Å². The molecule has 1 atom stereocenters. The fourth-order valence-corrected chi connectivity index (χ4v) is 2.47. The van der Waals surface area contributed by atoms with E-state index in [4.69, 9.17) is 10.2 Å². The molecule has 0 bridgehead atoms. The first-order chi connectivity index (χ1) is 10.6. The monoisotopic (exact) mass is 339 g/mol. The second kappa shape index (κ2) is 18.2. The Labute approximate surface area is 162 Å². The second-order valence-corrected chi connectivity index (χ2v) is 5.96. The fourth-order valence-electron chi connectivity index (χ4n) is 2.47. The Morgan fingerprint density at radius 2 is 1.35 bits per heavy atom. The zero-order chi connectivity index (χ0) is 16.6. The summed E-state index contributed by atoms with van der Waals surface area (Å²) in [5.74, 6) is -1.92. The molecule has 0 fully saturated rings. The molecule has 0 spiro atoms. The number of nitrogens with one attached hydrogen (secondary N) is 1. The van der Waals surface area contributed by atoms with Crippen LogP contribution in [0.3, 0.4) is 0 Å². The number of aliphatic carboxylic acids is 2. The molecule has 0 aromatic carbocycles. The molecule has 23 heavy (non-hydrogen) atoms. The molecule has 0 aliphatic heterocycles. The minimum absolute atomic E-state index is 0. The zero-order valence-corrected chi connectivity index (χ0v) is 14.0. The van der Waals surface area contributed by atoms with Crippen LogP contribution in [-0.4, -0.2) is 64.3 Å². The van der Waals surface area contributed by atoms with Gasteiger partial charge in [-0.25, -0.2) is 0 Å². The first-order valence-electron chi connectivity index (χ1n) is 8.76. The Morgan fingerprint density at radius 1 is 0.870 bits per heavy atom. The first kappa shape index (κ1) is 25.1. The third-order valence-electron chi connectivity index (χ3n) is 3.87. The van der Waals surface area contributed by atoms with E-state index in [9.17, 15) is 9.59 Å². The van der Waals surface area contributed by atoms with Crippen molar-refractivity contribution in [2.75, 3.05) is 6.54 Å². The van der Waals surface area contributed by atoms with Crippen LogP contribution in [0.15, 0.2) is 0 Å². The normalized spacial score (nSPS) is 11.7. The fraction of sp³-hybridized carbons (Fsp3) is 0.882. The molecule has 0 saturated heterocycles. The van der Waals surface area contributed by atoms with Crippen molar-refractivity contribution in [3.8, 4) is 0 Å². The summed E-state index contributed by atoms with van der Waals surface area (Å²) in [6, 6.07) is -0.741. The molecule has 0 aromatic rings. The van der Waals surface area contributed by atoms with Crippen molar-refractivity contribution in [3.05, 3.63) is 0 Å². The van der Waals surface area contributed by atoms with Crippen molar-refractivity contribution < 1.29 is 19.8 Å². The molecule has 5 nitrogen and oxygen atoms in total. The quantitative estimate of drug-likeness (QED) is 0.297. The summed E-state index contributed by atoms with van der Waals surface area (Å²) in [7, 11) is 0. The molecule has 0 saturated carbocycles. The van der Waals surface area contributed by atoms with Crippen molar-refractivity contribution in [1.82, 2.24) is 5.32 Å². The molecule has 132 valence electrons. The third kappa shape index (κ3) is 18.1. The van der Waals surface area contributed by atoms with Gasteiger partial charge >= 0.3 is 41.5 Å². The van der Waals surface area contributed by atoms with E-state index < -0.39 is 18.0 Å². The van der Waals surface area contributed by atoms with Crippen LogP contribution in [0.25, 0.3) is 0 Å². The maximum absolute atomic E-state index is 11.0. The van der Waals surface area contributed by atoms with Crippen molar-refractivity contribution >= 4 is 41.5 Å². The van der Waals surface area contributed by atoms with Gasteiger partial charge in [0.25, 0.3) is 0 Å². The first-order valence-corrected chi connectivity index (χ1v) is 8.76. The Morgan fingerprint density at radius 3 is 1.78 bits per heavy atom. The number of carboxylic acids is 2. The molecule has 0 aliphatic rings. The number of hydrogen-bond acceptors (Lipinski definition) is 3. The van der Waals surface area contributed by atoms with Crippen molar-refractivity contribution in [3.63, 3.8) is 0 Å². The van der Waals surface area contributed by atoms with Crippen LogP contribution in [0.1, 0.15) is 84.0 Å². The summed E-state index contributed by atoms with van der Waals surface area (Å²) >= 11 is 0. The van der Waals surface area contributed by atoms with Gasteiger partial charge in [-0.05, 0) is 19.4 Å². The van der Waals surface area contributed by atoms with Gasteiger partial charge in [0.05, 0.1) is 0 Å². The standard InChI is InChI=1S/C17H33NO4.Na.H/c1-2-3-4-5-6-7-8-9-10-11-14-18-15(17(21)22)12-13-16(19)20;;/h15,18H,2-14H2,1H3,(H,19,20)(H,21,22);;/t15-;;/m1../s1. The third-order valence-corrected chi connectivity index (χ3v) is 3.87. The van der Waals surface area contributed by atoms with Crippen molar-refractivity contribution in [2.45, 2.75) is 90.0 Å². The summed E-state index contributed by atoms with van der Waals surface area (Å²) in [6.07, 6.45) is 12.5. The second-order valence-electron chi connectivity index (χ2n) is 5.96. The Balaban J connectivity index is 0. The average molecular weight is 339 g/mol. The van der Waals surface area contributed by atoms with E-state index in [1.807, 2.05) is 0 Å². The summed E-state index contributed by atoms with van der Waals surface area (Å²) in [4.78, 5) is 21.4. The minimum atomic E-state index is -0.965. The van der Waals surface area contributed by atoms with Crippen molar-refractivity contribution in [2.24, 2.45) is 0 Å². The van der Waals surface area contributed by atoms with Gasteiger partial charge < -0.3 is 15.5 Å². The number of hydrogen-bond donors (Lipinski definition) is 3. The molecule has 0 aliphatic carbocycles. The maximum atomic E-state index is 11.0. The molecule has 3 N–H and O–H groups in total. The average Bonchev–Trinajstić information content (AvgIpc) is 2.47. The molecule has 6 heteroatoms. The predicted octanol–water partition coefficient (Wildman–Crippen LogP) is 3.17. The number of carbonyl (C=O) groups is 2. The van der Waals surface area contributed by atoms with Crippen LogP contribution in [0.5, 0.6) is 0 Å². The van der Waals surface area contributed by atoms with Crippen LogP contribution in [0.4, 0.5) is 0 Å². The topological polar surface area (TPSA) is 86.6 Å². The molecule has 0 rings (SSSR count). The van der Waals surface area contributed by atoms with Gasteiger partial charge in [0.15, 0.2) is 0 Å². The Hall–Kier alpha value is -0.100. The van der Waals surface area contributed by atoms with E-state index in [2.05, 4.69) is 12.2 Å². The van der Waals surface area contributed by atoms with Gasteiger partial charge in [-0.15, -0.1) is 0 Å². The van der Waals surface area contributed by atoms with Crippen LogP contribution in [-0.2, 0) is 9.59 Å². The van der Waals surface area contributed by atoms with Gasteiger partial charge in [-0.1, -0.05) is 64.7 Å². The molecular formula is C17H34NNaO4. The van der Waals surface area contributed by atoms with Gasteiger partial charge in [-0.2, -0.15) is 0 Å². The summed E-state index contributed by atoms with van der Waals surface area (Å²) < 4.78 is 0. The zero-order valence-electron chi connectivity index (χ0n) is 14.0.